The van der Waals surface area contributed by atoms with Gasteiger partial charge in [0.05, 0.1) is 7.11 Å². The molecule has 0 radical (unpaired) electrons. The molecule has 5 nitrogen and oxygen atoms in total. The van der Waals surface area contributed by atoms with Gasteiger partial charge >= 0.3 is 0 Å². The van der Waals surface area contributed by atoms with Gasteiger partial charge < -0.3 is 19.0 Å². The van der Waals surface area contributed by atoms with Crippen molar-refractivity contribution < 1.29 is 19.0 Å². The van der Waals surface area contributed by atoms with Crippen LogP contribution in [0.2, 0.25) is 18.1 Å². The number of hydrogen-bond donors (Lipinski definition) is 1. The van der Waals surface area contributed by atoms with Crippen molar-refractivity contribution in [3.05, 3.63) is 47.7 Å². The van der Waals surface area contributed by atoms with Gasteiger partial charge in [0.25, 0.3) is 8.32 Å². The second-order valence-electron chi connectivity index (χ2n) is 8.62. The zero-order chi connectivity index (χ0) is 20.7. The molecule has 0 bridgehead atoms. The summed E-state index contributed by atoms with van der Waals surface area (Å²) in [5, 5.41) is 10.7. The summed E-state index contributed by atoms with van der Waals surface area (Å²) in [6.45, 7) is 13.0. The predicted molar refractivity (Wildman–Crippen MR) is 114 cm³/mol. The van der Waals surface area contributed by atoms with Gasteiger partial charge in [-0.2, -0.15) is 0 Å². The predicted octanol–water partition coefficient (Wildman–Crippen LogP) is 5.12. The number of pyridine rings is 1. The lowest BCUT2D eigenvalue weighted by atomic mass is 9.93. The lowest BCUT2D eigenvalue weighted by Gasteiger charge is -2.35. The van der Waals surface area contributed by atoms with Crippen LogP contribution in [0, 0.1) is 0 Å². The van der Waals surface area contributed by atoms with Gasteiger partial charge in [-0.25, -0.2) is 4.98 Å². The highest BCUT2D eigenvalue weighted by molar-refractivity contribution is 6.74. The minimum Gasteiger partial charge on any atom is -0.531 e. The molecule has 0 saturated heterocycles. The normalized spacial score (nSPS) is 17.1. The summed E-state index contributed by atoms with van der Waals surface area (Å²) in [6.07, 6.45) is 0.677. The first-order valence-electron chi connectivity index (χ1n) is 9.43. The Bertz CT molecular complexity index is 898. The molecule has 1 atom stereocenters. The summed E-state index contributed by atoms with van der Waals surface area (Å²) in [6, 6.07) is 9.40. The molecule has 1 aromatic carbocycles. The van der Waals surface area contributed by atoms with Crippen LogP contribution in [-0.2, 0) is 0 Å². The molecule has 0 amide bonds. The summed E-state index contributed by atoms with van der Waals surface area (Å²) in [5.74, 6) is 1.92. The molecule has 1 aromatic heterocycles. The van der Waals surface area contributed by atoms with Gasteiger partial charge in [0.15, 0.2) is 5.88 Å². The van der Waals surface area contributed by atoms with Crippen molar-refractivity contribution in [3.8, 4) is 17.4 Å². The fourth-order valence-corrected chi connectivity index (χ4v) is 3.87. The SMILES string of the molecule is COc1ccc2c(c1)OC(O)C(c1ccc(O[Si](C)(C)C(C)(C)C)nc1)=C2C. The molecule has 0 spiro atoms. The molecule has 0 fully saturated rings. The Kier molecular flexibility index (Phi) is 5.29. The van der Waals surface area contributed by atoms with Crippen LogP contribution in [0.1, 0.15) is 38.8 Å². The van der Waals surface area contributed by atoms with Crippen molar-refractivity contribution >= 4 is 19.5 Å². The van der Waals surface area contributed by atoms with E-state index in [1.54, 1.807) is 19.4 Å². The summed E-state index contributed by atoms with van der Waals surface area (Å²) < 4.78 is 17.2. The van der Waals surface area contributed by atoms with E-state index >= 15 is 0 Å². The molecule has 28 heavy (non-hydrogen) atoms. The van der Waals surface area contributed by atoms with E-state index in [1.165, 1.54) is 0 Å². The Balaban J connectivity index is 1.92. The van der Waals surface area contributed by atoms with Crippen molar-refractivity contribution in [3.63, 3.8) is 0 Å². The third kappa shape index (κ3) is 3.79. The number of aromatic nitrogens is 1. The molecule has 0 saturated carbocycles. The number of fused-ring (bicyclic) bond motifs is 1. The third-order valence-electron chi connectivity index (χ3n) is 5.70. The molecule has 2 heterocycles. The van der Waals surface area contributed by atoms with Gasteiger partial charge in [0.2, 0.25) is 6.29 Å². The van der Waals surface area contributed by atoms with E-state index in [2.05, 4.69) is 38.8 Å². The zero-order valence-corrected chi connectivity index (χ0v) is 18.7. The number of hydrogen-bond acceptors (Lipinski definition) is 5. The van der Waals surface area contributed by atoms with Crippen LogP contribution in [0.5, 0.6) is 17.4 Å². The standard InChI is InChI=1S/C22H29NO4Si/c1-14-17-10-9-16(25-5)12-18(17)26-21(24)20(14)15-8-11-19(23-13-15)27-28(6,7)22(2,3)4/h8-13,21,24H,1-7H3. The van der Waals surface area contributed by atoms with Crippen LogP contribution in [0.3, 0.4) is 0 Å². The van der Waals surface area contributed by atoms with E-state index in [1.807, 2.05) is 31.2 Å². The summed E-state index contributed by atoms with van der Waals surface area (Å²) >= 11 is 0. The number of nitrogens with zero attached hydrogens (tertiary/aromatic N) is 1. The number of ether oxygens (including phenoxy) is 2. The highest BCUT2D eigenvalue weighted by Gasteiger charge is 2.39. The van der Waals surface area contributed by atoms with E-state index in [4.69, 9.17) is 13.9 Å². The number of methoxy groups -OCH3 is 1. The van der Waals surface area contributed by atoms with E-state index in [0.717, 1.165) is 16.7 Å². The molecule has 3 rings (SSSR count). The Morgan fingerprint density at radius 1 is 1.14 bits per heavy atom. The first-order valence-corrected chi connectivity index (χ1v) is 12.3. The average Bonchev–Trinajstić information content (AvgIpc) is 2.61. The highest BCUT2D eigenvalue weighted by atomic mass is 28.4. The molecule has 1 aliphatic heterocycles. The first kappa shape index (κ1) is 20.4. The second-order valence-corrected chi connectivity index (χ2v) is 13.3. The Morgan fingerprint density at radius 2 is 1.86 bits per heavy atom. The summed E-state index contributed by atoms with van der Waals surface area (Å²) in [7, 11) is -0.341. The minimum absolute atomic E-state index is 0.102. The average molecular weight is 400 g/mol. The van der Waals surface area contributed by atoms with Crippen LogP contribution < -0.4 is 13.9 Å². The van der Waals surface area contributed by atoms with Gasteiger partial charge in [-0.15, -0.1) is 0 Å². The number of benzene rings is 1. The molecule has 2 aromatic rings. The third-order valence-corrected chi connectivity index (χ3v) is 10.0. The fourth-order valence-electron chi connectivity index (χ4n) is 2.92. The van der Waals surface area contributed by atoms with Gasteiger partial charge in [0.1, 0.15) is 11.5 Å². The minimum atomic E-state index is -1.95. The van der Waals surface area contributed by atoms with Gasteiger partial charge in [0, 0.05) is 29.0 Å². The first-order chi connectivity index (χ1) is 13.0. The molecule has 1 N–H and O–H groups in total. The van der Waals surface area contributed by atoms with Crippen molar-refractivity contribution in [1.29, 1.82) is 0 Å². The monoisotopic (exact) mass is 399 g/mol. The Hall–Kier alpha value is -2.31. The maximum absolute atomic E-state index is 10.6. The molecule has 150 valence electrons. The van der Waals surface area contributed by atoms with E-state index in [-0.39, 0.29) is 5.04 Å². The molecule has 1 unspecified atom stereocenters. The number of aliphatic hydroxyl groups is 1. The fraction of sp³-hybridized carbons (Fsp3) is 0.409. The Morgan fingerprint density at radius 3 is 2.43 bits per heavy atom. The number of rotatable bonds is 4. The van der Waals surface area contributed by atoms with Gasteiger partial charge in [-0.1, -0.05) is 20.8 Å². The van der Waals surface area contributed by atoms with Gasteiger partial charge in [-0.3, -0.25) is 0 Å². The van der Waals surface area contributed by atoms with Crippen LogP contribution in [0.15, 0.2) is 36.5 Å². The lowest BCUT2D eigenvalue weighted by Crippen LogP contribution is -2.44. The maximum Gasteiger partial charge on any atom is 0.252 e. The van der Waals surface area contributed by atoms with E-state index < -0.39 is 14.6 Å². The van der Waals surface area contributed by atoms with Crippen molar-refractivity contribution in [2.75, 3.05) is 7.11 Å². The molecular formula is C22H29NO4Si. The molecule has 6 heteroatoms. The van der Waals surface area contributed by atoms with E-state index in [9.17, 15) is 5.11 Å². The number of aliphatic hydroxyl groups excluding tert-OH is 1. The van der Waals surface area contributed by atoms with Crippen molar-refractivity contribution in [2.24, 2.45) is 0 Å². The smallest absolute Gasteiger partial charge is 0.252 e. The number of allylic oxidation sites excluding steroid dienone is 1. The van der Waals surface area contributed by atoms with Crippen LogP contribution >= 0.6 is 0 Å². The topological polar surface area (TPSA) is 60.8 Å². The molecular weight excluding hydrogens is 370 g/mol. The van der Waals surface area contributed by atoms with Crippen LogP contribution in [0.4, 0.5) is 0 Å². The van der Waals surface area contributed by atoms with Crippen LogP contribution in [0.25, 0.3) is 11.1 Å². The van der Waals surface area contributed by atoms with Gasteiger partial charge in [-0.05, 0) is 54.9 Å². The largest absolute Gasteiger partial charge is 0.531 e. The second kappa shape index (κ2) is 7.26. The van der Waals surface area contributed by atoms with Crippen LogP contribution in [-0.4, -0.2) is 31.8 Å². The highest BCUT2D eigenvalue weighted by Crippen LogP contribution is 2.41. The van der Waals surface area contributed by atoms with Crippen molar-refractivity contribution in [1.82, 2.24) is 4.98 Å². The van der Waals surface area contributed by atoms with Crippen molar-refractivity contribution in [2.45, 2.75) is 52.1 Å². The summed E-state index contributed by atoms with van der Waals surface area (Å²) in [4.78, 5) is 4.50. The molecule has 1 aliphatic rings. The maximum atomic E-state index is 10.6. The quantitative estimate of drug-likeness (QED) is 0.724. The Labute approximate surface area is 168 Å². The lowest BCUT2D eigenvalue weighted by molar-refractivity contribution is 0.0313. The zero-order valence-electron chi connectivity index (χ0n) is 17.7. The summed E-state index contributed by atoms with van der Waals surface area (Å²) in [5.41, 5.74) is 3.41. The van der Waals surface area contributed by atoms with E-state index in [0.29, 0.717) is 23.0 Å². The molecule has 0 aliphatic carbocycles.